The van der Waals surface area contributed by atoms with Crippen LogP contribution in [0, 0.1) is 7.14 Å². The molecule has 1 aliphatic carbocycles. The Labute approximate surface area is 196 Å². The zero-order chi connectivity index (χ0) is 20.4. The van der Waals surface area contributed by atoms with Crippen LogP contribution in [0.4, 0.5) is 0 Å². The molecular formula is C22H18I2O5. The minimum absolute atomic E-state index is 0.0761. The molecule has 7 heteroatoms. The van der Waals surface area contributed by atoms with E-state index in [4.69, 9.17) is 14.2 Å². The van der Waals surface area contributed by atoms with E-state index in [0.29, 0.717) is 19.4 Å². The first-order chi connectivity index (χ1) is 13.9. The highest BCUT2D eigenvalue weighted by Crippen LogP contribution is 2.38. The molecule has 1 aliphatic heterocycles. The SMILES string of the molecule is O=C1OC2(CCCC2)OC(=O)C1=Cc1cccc(COc2ccc(I)cc2I)c1. The van der Waals surface area contributed by atoms with Gasteiger partial charge < -0.3 is 14.2 Å². The van der Waals surface area contributed by atoms with Crippen molar-refractivity contribution >= 4 is 63.2 Å². The quantitative estimate of drug-likeness (QED) is 0.204. The number of carbonyl (C=O) groups excluding carboxylic acids is 2. The van der Waals surface area contributed by atoms with E-state index in [2.05, 4.69) is 51.2 Å². The number of hydrogen-bond donors (Lipinski definition) is 0. The van der Waals surface area contributed by atoms with Crippen LogP contribution in [0.1, 0.15) is 36.8 Å². The Hall–Kier alpha value is -1.62. The number of esters is 2. The highest BCUT2D eigenvalue weighted by molar-refractivity contribution is 14.1. The third-order valence-corrected chi connectivity index (χ3v) is 6.43. The fraction of sp³-hybridized carbons (Fsp3) is 0.273. The van der Waals surface area contributed by atoms with Crippen LogP contribution in [0.25, 0.3) is 6.08 Å². The van der Waals surface area contributed by atoms with E-state index in [1.54, 1.807) is 0 Å². The molecule has 0 amide bonds. The van der Waals surface area contributed by atoms with E-state index in [0.717, 1.165) is 36.9 Å². The second-order valence-corrected chi connectivity index (χ2v) is 9.47. The molecular weight excluding hydrogens is 598 g/mol. The Bertz CT molecular complexity index is 970. The number of hydrogen-bond acceptors (Lipinski definition) is 5. The van der Waals surface area contributed by atoms with Crippen molar-refractivity contribution in [3.05, 3.63) is 66.3 Å². The van der Waals surface area contributed by atoms with E-state index in [1.807, 2.05) is 36.4 Å². The molecule has 0 unspecified atom stereocenters. The molecule has 2 aromatic carbocycles. The zero-order valence-corrected chi connectivity index (χ0v) is 19.8. The predicted molar refractivity (Wildman–Crippen MR) is 124 cm³/mol. The third-order valence-electron chi connectivity index (χ3n) is 4.91. The standard InChI is InChI=1S/C22H18I2O5/c23-16-6-7-19(18(24)12-16)27-13-15-5-3-4-14(10-15)11-17-20(25)28-22(29-21(17)26)8-1-2-9-22/h3-7,10-12H,1-2,8-9,13H2. The summed E-state index contributed by atoms with van der Waals surface area (Å²) in [5, 5.41) is 0. The first-order valence-corrected chi connectivity index (χ1v) is 11.5. The van der Waals surface area contributed by atoms with Gasteiger partial charge in [0.15, 0.2) is 0 Å². The van der Waals surface area contributed by atoms with Crippen LogP contribution in [0.5, 0.6) is 5.75 Å². The normalized spacial score (nSPS) is 17.8. The highest BCUT2D eigenvalue weighted by Gasteiger charge is 2.47. The van der Waals surface area contributed by atoms with Gasteiger partial charge in [-0.15, -0.1) is 0 Å². The minimum atomic E-state index is -1.05. The first-order valence-electron chi connectivity index (χ1n) is 9.29. The van der Waals surface area contributed by atoms with Crippen LogP contribution in [-0.2, 0) is 25.7 Å². The smallest absolute Gasteiger partial charge is 0.348 e. The molecule has 0 aromatic heterocycles. The molecule has 2 aliphatic rings. The second kappa shape index (κ2) is 8.63. The van der Waals surface area contributed by atoms with E-state index < -0.39 is 17.7 Å². The van der Waals surface area contributed by atoms with Gasteiger partial charge in [0.1, 0.15) is 17.9 Å². The fourth-order valence-corrected chi connectivity index (χ4v) is 5.24. The lowest BCUT2D eigenvalue weighted by Gasteiger charge is -2.32. The Morgan fingerprint density at radius 2 is 1.72 bits per heavy atom. The Kier molecular flexibility index (Phi) is 6.14. The maximum Gasteiger partial charge on any atom is 0.348 e. The lowest BCUT2D eigenvalue weighted by atomic mass is 10.1. The summed E-state index contributed by atoms with van der Waals surface area (Å²) in [5.41, 5.74) is 1.57. The summed E-state index contributed by atoms with van der Waals surface area (Å²) >= 11 is 4.51. The van der Waals surface area contributed by atoms with Gasteiger partial charge in [-0.25, -0.2) is 9.59 Å². The minimum Gasteiger partial charge on any atom is -0.488 e. The van der Waals surface area contributed by atoms with Crippen molar-refractivity contribution in [1.82, 2.24) is 0 Å². The number of carbonyl (C=O) groups is 2. The summed E-state index contributed by atoms with van der Waals surface area (Å²) in [4.78, 5) is 24.8. The molecule has 2 aromatic rings. The molecule has 150 valence electrons. The summed E-state index contributed by atoms with van der Waals surface area (Å²) in [7, 11) is 0. The maximum atomic E-state index is 12.4. The van der Waals surface area contributed by atoms with Crippen molar-refractivity contribution in [2.45, 2.75) is 38.1 Å². The molecule has 0 radical (unpaired) electrons. The molecule has 4 rings (SSSR count). The molecule has 1 saturated carbocycles. The van der Waals surface area contributed by atoms with Crippen LogP contribution in [0.2, 0.25) is 0 Å². The summed E-state index contributed by atoms with van der Waals surface area (Å²) < 4.78 is 19.1. The molecule has 1 saturated heterocycles. The van der Waals surface area contributed by atoms with Gasteiger partial charge in [0.05, 0.1) is 3.57 Å². The van der Waals surface area contributed by atoms with Crippen molar-refractivity contribution in [3.63, 3.8) is 0 Å². The Balaban J connectivity index is 1.48. The summed E-state index contributed by atoms with van der Waals surface area (Å²) in [6.07, 6.45) is 4.44. The van der Waals surface area contributed by atoms with Gasteiger partial charge in [-0.05, 0) is 99.5 Å². The predicted octanol–water partition coefficient (Wildman–Crippen LogP) is 5.23. The molecule has 0 bridgehead atoms. The largest absolute Gasteiger partial charge is 0.488 e. The average Bonchev–Trinajstić information content (AvgIpc) is 3.12. The first kappa shape index (κ1) is 20.6. The van der Waals surface area contributed by atoms with Crippen molar-refractivity contribution in [2.24, 2.45) is 0 Å². The molecule has 0 N–H and O–H groups in total. The maximum absolute atomic E-state index is 12.4. The van der Waals surface area contributed by atoms with Gasteiger partial charge >= 0.3 is 11.9 Å². The van der Waals surface area contributed by atoms with E-state index >= 15 is 0 Å². The van der Waals surface area contributed by atoms with Gasteiger partial charge in [-0.2, -0.15) is 0 Å². The molecule has 1 heterocycles. The van der Waals surface area contributed by atoms with Crippen LogP contribution in [-0.4, -0.2) is 17.7 Å². The van der Waals surface area contributed by atoms with Crippen LogP contribution in [0.3, 0.4) is 0 Å². The van der Waals surface area contributed by atoms with Crippen LogP contribution >= 0.6 is 45.2 Å². The monoisotopic (exact) mass is 616 g/mol. The number of rotatable bonds is 4. The van der Waals surface area contributed by atoms with Gasteiger partial charge in [-0.1, -0.05) is 18.2 Å². The molecule has 29 heavy (non-hydrogen) atoms. The Morgan fingerprint density at radius 1 is 1.00 bits per heavy atom. The van der Waals surface area contributed by atoms with Crippen molar-refractivity contribution in [3.8, 4) is 5.75 Å². The second-order valence-electron chi connectivity index (χ2n) is 7.06. The lowest BCUT2D eigenvalue weighted by molar-refractivity contribution is -0.232. The molecule has 1 spiro atoms. The van der Waals surface area contributed by atoms with E-state index in [9.17, 15) is 9.59 Å². The van der Waals surface area contributed by atoms with Gasteiger partial charge in [-0.3, -0.25) is 0 Å². The van der Waals surface area contributed by atoms with Crippen LogP contribution < -0.4 is 4.74 Å². The molecule has 2 fully saturated rings. The fourth-order valence-electron chi connectivity index (χ4n) is 3.48. The van der Waals surface area contributed by atoms with E-state index in [1.165, 1.54) is 6.08 Å². The number of halogens is 2. The van der Waals surface area contributed by atoms with Gasteiger partial charge in [0.2, 0.25) is 0 Å². The topological polar surface area (TPSA) is 61.8 Å². The lowest BCUT2D eigenvalue weighted by Crippen LogP contribution is -2.44. The van der Waals surface area contributed by atoms with Crippen molar-refractivity contribution in [2.75, 3.05) is 0 Å². The van der Waals surface area contributed by atoms with Crippen molar-refractivity contribution < 1.29 is 23.8 Å². The van der Waals surface area contributed by atoms with Gasteiger partial charge in [0.25, 0.3) is 5.79 Å². The van der Waals surface area contributed by atoms with E-state index in [-0.39, 0.29) is 5.57 Å². The highest BCUT2D eigenvalue weighted by atomic mass is 127. The number of benzene rings is 2. The average molecular weight is 616 g/mol. The summed E-state index contributed by atoms with van der Waals surface area (Å²) in [6, 6.07) is 13.5. The Morgan fingerprint density at radius 3 is 2.41 bits per heavy atom. The van der Waals surface area contributed by atoms with Gasteiger partial charge in [0, 0.05) is 16.4 Å². The van der Waals surface area contributed by atoms with Crippen LogP contribution in [0.15, 0.2) is 48.0 Å². The summed E-state index contributed by atoms with van der Waals surface area (Å²) in [5.74, 6) is -1.46. The summed E-state index contributed by atoms with van der Waals surface area (Å²) in [6.45, 7) is 0.381. The number of ether oxygens (including phenoxy) is 3. The third kappa shape index (κ3) is 4.76. The molecule has 0 atom stereocenters. The molecule has 5 nitrogen and oxygen atoms in total. The van der Waals surface area contributed by atoms with Crippen molar-refractivity contribution in [1.29, 1.82) is 0 Å². The zero-order valence-electron chi connectivity index (χ0n) is 15.5.